The summed E-state index contributed by atoms with van der Waals surface area (Å²) in [6, 6.07) is 12.4. The summed E-state index contributed by atoms with van der Waals surface area (Å²) in [5, 5.41) is 10.7. The number of benzene rings is 2. The van der Waals surface area contributed by atoms with Crippen LogP contribution in [0.25, 0.3) is 0 Å². The molecule has 0 saturated heterocycles. The minimum atomic E-state index is -0.827. The van der Waals surface area contributed by atoms with Crippen LogP contribution in [0.2, 0.25) is 10.0 Å². The summed E-state index contributed by atoms with van der Waals surface area (Å²) in [6.45, 7) is 4.52. The van der Waals surface area contributed by atoms with Crippen LogP contribution in [-0.2, 0) is 9.59 Å². The Kier molecular flexibility index (Phi) is 8.29. The molecule has 8 heteroatoms. The Hall–Kier alpha value is -2.57. The van der Waals surface area contributed by atoms with Crippen molar-refractivity contribution in [2.75, 3.05) is 11.9 Å². The third-order valence-corrected chi connectivity index (χ3v) is 4.17. The average Bonchev–Trinajstić information content (AvgIpc) is 2.63. The number of carbonyl (C=O) groups is 2. The second-order valence-corrected chi connectivity index (χ2v) is 7.38. The number of halogens is 2. The van der Waals surface area contributed by atoms with Gasteiger partial charge in [0.1, 0.15) is 0 Å². The molecule has 2 aromatic rings. The van der Waals surface area contributed by atoms with Crippen LogP contribution in [-0.4, -0.2) is 24.6 Å². The van der Waals surface area contributed by atoms with Gasteiger partial charge in [-0.2, -0.15) is 5.10 Å². The summed E-state index contributed by atoms with van der Waals surface area (Å²) in [7, 11) is 0. The number of amides is 2. The van der Waals surface area contributed by atoms with Gasteiger partial charge < -0.3 is 10.6 Å². The predicted molar refractivity (Wildman–Crippen MR) is 114 cm³/mol. The summed E-state index contributed by atoms with van der Waals surface area (Å²) in [5.74, 6) is -1.11. The van der Waals surface area contributed by atoms with E-state index in [9.17, 15) is 9.59 Å². The van der Waals surface area contributed by atoms with Crippen molar-refractivity contribution in [3.05, 3.63) is 58.1 Å². The van der Waals surface area contributed by atoms with E-state index in [4.69, 9.17) is 23.2 Å². The Morgan fingerprint density at radius 1 is 1.07 bits per heavy atom. The molecule has 0 heterocycles. The second kappa shape index (κ2) is 10.7. The molecule has 0 spiro atoms. The number of hydrogen-bond donors (Lipinski definition) is 3. The van der Waals surface area contributed by atoms with E-state index in [1.807, 2.05) is 26.0 Å². The van der Waals surface area contributed by atoms with Crippen molar-refractivity contribution < 1.29 is 9.59 Å². The fourth-order valence-corrected chi connectivity index (χ4v) is 2.61. The third-order valence-electron chi connectivity index (χ3n) is 3.70. The van der Waals surface area contributed by atoms with Crippen molar-refractivity contribution in [2.24, 2.45) is 11.0 Å². The highest BCUT2D eigenvalue weighted by Gasteiger charge is 2.12. The van der Waals surface area contributed by atoms with Gasteiger partial charge >= 0.3 is 11.8 Å². The lowest BCUT2D eigenvalue weighted by molar-refractivity contribution is -0.139. The van der Waals surface area contributed by atoms with Crippen LogP contribution in [0.1, 0.15) is 25.8 Å². The van der Waals surface area contributed by atoms with E-state index in [-0.39, 0.29) is 0 Å². The molecule has 0 aliphatic carbocycles. The van der Waals surface area contributed by atoms with E-state index >= 15 is 0 Å². The summed E-state index contributed by atoms with van der Waals surface area (Å²) in [4.78, 5) is 23.5. The van der Waals surface area contributed by atoms with Crippen molar-refractivity contribution >= 4 is 52.6 Å². The van der Waals surface area contributed by atoms with Gasteiger partial charge in [-0.3, -0.25) is 9.59 Å². The molecule has 0 unspecified atom stereocenters. The van der Waals surface area contributed by atoms with Crippen LogP contribution in [0.3, 0.4) is 0 Å². The van der Waals surface area contributed by atoms with Gasteiger partial charge in [0.2, 0.25) is 0 Å². The van der Waals surface area contributed by atoms with Crippen LogP contribution in [0.5, 0.6) is 0 Å². The van der Waals surface area contributed by atoms with Gasteiger partial charge in [0.05, 0.1) is 6.21 Å². The normalized spacial score (nSPS) is 10.9. The van der Waals surface area contributed by atoms with Crippen LogP contribution in [0.15, 0.2) is 47.6 Å². The zero-order chi connectivity index (χ0) is 20.5. The lowest BCUT2D eigenvalue weighted by Gasteiger charge is -2.10. The van der Waals surface area contributed by atoms with Gasteiger partial charge in [-0.15, -0.1) is 0 Å². The monoisotopic (exact) mass is 420 g/mol. The van der Waals surface area contributed by atoms with Crippen molar-refractivity contribution in [1.29, 1.82) is 0 Å². The fourth-order valence-electron chi connectivity index (χ4n) is 2.24. The molecule has 0 bridgehead atoms. The van der Waals surface area contributed by atoms with Crippen LogP contribution in [0, 0.1) is 5.92 Å². The number of nitrogens with one attached hydrogen (secondary N) is 3. The van der Waals surface area contributed by atoms with Gasteiger partial charge in [-0.1, -0.05) is 43.1 Å². The molecule has 2 rings (SSSR count). The first-order valence-corrected chi connectivity index (χ1v) is 9.54. The third kappa shape index (κ3) is 7.21. The van der Waals surface area contributed by atoms with Gasteiger partial charge in [0.15, 0.2) is 0 Å². The van der Waals surface area contributed by atoms with Gasteiger partial charge in [-0.25, -0.2) is 5.43 Å². The molecule has 0 fully saturated rings. The molecule has 6 nitrogen and oxygen atoms in total. The van der Waals surface area contributed by atoms with Crippen LogP contribution < -0.4 is 16.1 Å². The zero-order valence-corrected chi connectivity index (χ0v) is 17.1. The van der Waals surface area contributed by atoms with E-state index < -0.39 is 11.8 Å². The number of hydrogen-bond acceptors (Lipinski definition) is 4. The first-order valence-electron chi connectivity index (χ1n) is 8.78. The number of nitrogens with zero attached hydrogens (tertiary/aromatic N) is 1. The predicted octanol–water partition coefficient (Wildman–Crippen LogP) is 4.35. The lowest BCUT2D eigenvalue weighted by atomic mass is 10.1. The smallest absolute Gasteiger partial charge is 0.329 e. The maximum Gasteiger partial charge on any atom is 0.329 e. The maximum atomic E-state index is 11.8. The Morgan fingerprint density at radius 2 is 1.82 bits per heavy atom. The molecule has 0 aromatic heterocycles. The molecule has 0 radical (unpaired) electrons. The summed E-state index contributed by atoms with van der Waals surface area (Å²) < 4.78 is 0. The van der Waals surface area contributed by atoms with Crippen molar-refractivity contribution in [2.45, 2.75) is 20.3 Å². The zero-order valence-electron chi connectivity index (χ0n) is 15.6. The van der Waals surface area contributed by atoms with Crippen molar-refractivity contribution in [3.63, 3.8) is 0 Å². The molecule has 0 aliphatic heterocycles. The van der Waals surface area contributed by atoms with Crippen LogP contribution in [0.4, 0.5) is 11.4 Å². The summed E-state index contributed by atoms with van der Waals surface area (Å²) in [6.07, 6.45) is 2.21. The maximum absolute atomic E-state index is 11.8. The SMILES string of the molecule is CC(C)CCNC(=O)C(=O)N/N=C\c1cc(Cl)ccc1Nc1cccc(Cl)c1. The van der Waals surface area contributed by atoms with Gasteiger partial charge in [-0.05, 0) is 48.7 Å². The molecule has 3 N–H and O–H groups in total. The number of carbonyl (C=O) groups excluding carboxylic acids is 2. The highest BCUT2D eigenvalue weighted by atomic mass is 35.5. The second-order valence-electron chi connectivity index (χ2n) is 6.50. The molecule has 28 heavy (non-hydrogen) atoms. The number of hydrazone groups is 1. The van der Waals surface area contributed by atoms with Crippen molar-refractivity contribution in [3.8, 4) is 0 Å². The van der Waals surface area contributed by atoms with Gasteiger partial charge in [0, 0.05) is 33.5 Å². The summed E-state index contributed by atoms with van der Waals surface area (Å²) >= 11 is 12.1. The highest BCUT2D eigenvalue weighted by molar-refractivity contribution is 6.35. The Bertz CT molecular complexity index is 869. The molecule has 2 amide bonds. The molecular weight excluding hydrogens is 399 g/mol. The van der Waals surface area contributed by atoms with Gasteiger partial charge in [0.25, 0.3) is 0 Å². The minimum absolute atomic E-state index is 0.439. The fraction of sp³-hybridized carbons (Fsp3) is 0.250. The first-order chi connectivity index (χ1) is 13.3. The molecule has 148 valence electrons. The molecule has 0 aliphatic rings. The van der Waals surface area contributed by atoms with Crippen molar-refractivity contribution in [1.82, 2.24) is 10.7 Å². The number of rotatable bonds is 7. The largest absolute Gasteiger partial charge is 0.355 e. The van der Waals surface area contributed by atoms with E-state index in [1.54, 1.807) is 30.3 Å². The standard InChI is InChI=1S/C20H22Cl2N4O2/c1-13(2)8-9-23-19(27)20(28)26-24-12-14-10-16(22)6-7-18(14)25-17-5-3-4-15(21)11-17/h3-7,10-13,25H,8-9H2,1-2H3,(H,23,27)(H,26,28)/b24-12-. The number of anilines is 2. The Labute approximate surface area is 174 Å². The molecule has 0 atom stereocenters. The Morgan fingerprint density at radius 3 is 2.54 bits per heavy atom. The first kappa shape index (κ1) is 21.7. The molecule has 0 saturated carbocycles. The molecule has 2 aromatic carbocycles. The van der Waals surface area contributed by atoms with Crippen LogP contribution >= 0.6 is 23.2 Å². The topological polar surface area (TPSA) is 82.6 Å². The van der Waals surface area contributed by atoms with E-state index in [1.165, 1.54) is 6.21 Å². The quantitative estimate of drug-likeness (QED) is 0.353. The Balaban J connectivity index is 2.01. The molecular formula is C20H22Cl2N4O2. The van der Waals surface area contributed by atoms with E-state index in [2.05, 4.69) is 21.2 Å². The highest BCUT2D eigenvalue weighted by Crippen LogP contribution is 2.24. The summed E-state index contributed by atoms with van der Waals surface area (Å²) in [5.41, 5.74) is 4.35. The van der Waals surface area contributed by atoms with E-state index in [0.717, 1.165) is 12.1 Å². The van der Waals surface area contributed by atoms with E-state index in [0.29, 0.717) is 33.8 Å². The average molecular weight is 421 g/mol. The minimum Gasteiger partial charge on any atom is -0.355 e. The lowest BCUT2D eigenvalue weighted by Crippen LogP contribution is -2.38.